The van der Waals surface area contributed by atoms with Gasteiger partial charge in [0.1, 0.15) is 84.2 Å². The Morgan fingerprint density at radius 2 is 1.20 bits per heavy atom. The number of methoxy groups -OCH3 is 1. The van der Waals surface area contributed by atoms with E-state index >= 15 is 0 Å². The Kier molecular flexibility index (Phi) is 25.3. The van der Waals surface area contributed by atoms with Crippen molar-refractivity contribution in [3.63, 3.8) is 0 Å². The summed E-state index contributed by atoms with van der Waals surface area (Å²) in [4.78, 5) is 171. The molecule has 0 aliphatic carbocycles. The molecule has 13 atom stereocenters. The average molecular weight is 1500 g/mol. The number of rotatable bonds is 27. The highest BCUT2D eigenvalue weighted by atomic mass is 31.2. The summed E-state index contributed by atoms with van der Waals surface area (Å²) < 4.78 is 76.5. The monoisotopic (exact) mass is 1500 g/mol. The molecule has 44 heteroatoms. The summed E-state index contributed by atoms with van der Waals surface area (Å²) in [6.45, 7) is -1.79. The molecule has 2 aromatic carbocycles. The Morgan fingerprint density at radius 1 is 0.705 bits per heavy atom. The van der Waals surface area contributed by atoms with Gasteiger partial charge in [-0.15, -0.1) is 0 Å². The van der Waals surface area contributed by atoms with Crippen LogP contribution in [0, 0.1) is 55.8 Å². The lowest BCUT2D eigenvalue weighted by Gasteiger charge is -2.24. The number of nitro groups is 2. The quantitative estimate of drug-likeness (QED) is 0.00824. The minimum absolute atomic E-state index is 0.0375. The predicted octanol–water partition coefficient (Wildman–Crippen LogP) is -2.64. The second kappa shape index (κ2) is 33.9. The summed E-state index contributed by atoms with van der Waals surface area (Å²) in [5, 5.41) is 51.8. The maximum absolute atomic E-state index is 14.1. The average Bonchev–Trinajstić information content (AvgIpc) is 1.62. The molecule has 6 aromatic rings. The molecule has 4 unspecified atom stereocenters. The lowest BCUT2D eigenvalue weighted by Crippen LogP contribution is -2.50. The van der Waals surface area contributed by atoms with Crippen LogP contribution in [0.4, 0.5) is 17.2 Å². The minimum Gasteiger partial charge on any atom is -0.390 e. The Morgan fingerprint density at radius 3 is 1.72 bits per heavy atom. The first-order valence-electron chi connectivity index (χ1n) is 31.1. The molecule has 3 saturated heterocycles. The number of carbonyl (C=O) groups is 5. The smallest absolute Gasteiger partial charge is 0.390 e. The number of carbonyl (C=O) groups excluding carboxylic acids is 5. The number of nitro benzene ring substituents is 2. The highest BCUT2D eigenvalue weighted by Gasteiger charge is 2.47. The Balaban J connectivity index is 0.898. The highest BCUT2D eigenvalue weighted by Crippen LogP contribution is 2.52. The summed E-state index contributed by atoms with van der Waals surface area (Å²) in [5.74, 6) is 11.9. The molecule has 0 radical (unpaired) electrons. The van der Waals surface area contributed by atoms with E-state index in [1.54, 1.807) is 0 Å². The van der Waals surface area contributed by atoms with Crippen molar-refractivity contribution in [2.75, 3.05) is 58.8 Å². The van der Waals surface area contributed by atoms with Crippen molar-refractivity contribution >= 4 is 73.2 Å². The molecule has 4 aromatic heterocycles. The molecule has 0 bridgehead atoms. The van der Waals surface area contributed by atoms with Crippen molar-refractivity contribution in [1.82, 2.24) is 49.6 Å². The summed E-state index contributed by atoms with van der Waals surface area (Å²) >= 11 is 0. The fourth-order valence-electron chi connectivity index (χ4n) is 10.8. The second-order valence-corrected chi connectivity index (χ2v) is 26.1. The number of ketones is 2. The number of phosphoric acid groups is 2. The van der Waals surface area contributed by atoms with E-state index in [0.717, 1.165) is 53.0 Å². The summed E-state index contributed by atoms with van der Waals surface area (Å²) in [6, 6.07) is 6.10. The number of nitrogens with one attached hydrogen (secondary N) is 5. The third-order valence-electron chi connectivity index (χ3n) is 16.0. The molecule has 556 valence electrons. The number of aliphatic hydroxyl groups is 2. The van der Waals surface area contributed by atoms with Crippen molar-refractivity contribution < 1.29 is 100.0 Å². The topological polar surface area (TPSA) is 615 Å². The number of hydrogen-bond acceptors (Lipinski definition) is 30. The zero-order valence-corrected chi connectivity index (χ0v) is 56.9. The third kappa shape index (κ3) is 19.6. The van der Waals surface area contributed by atoms with Gasteiger partial charge in [-0.2, -0.15) is 0 Å². The summed E-state index contributed by atoms with van der Waals surface area (Å²) in [7, 11) is -9.60. The molecule has 7 heterocycles. The Labute approximate surface area is 589 Å². The third-order valence-corrected chi connectivity index (χ3v) is 18.0. The van der Waals surface area contributed by atoms with Gasteiger partial charge < -0.3 is 76.7 Å². The van der Waals surface area contributed by atoms with Crippen LogP contribution in [-0.2, 0) is 60.6 Å². The largest absolute Gasteiger partial charge is 0.472 e. The SMILES string of the molecule is COC[C@H]1O[C@@H](n2cc(C#CCNC(=O)CNC(=O)C(O)CNC(=O)C(N)CN)c(=O)[nH]c2=O)C[C@@H]1OP(=O)(O)OC[C@H]1O[C@@H](n2cc(C#Cc3ccc(C(C)=O)c([N+](=O)[O-])c3)c(=O)[nH]c2=O)C[C@@H]1OP(=O)(O)OC[C@H]1O[C@@H](n2cc(C#Cc3ccc(C(C)=O)c([N+](=O)[O-])c3)c3c(N)ncnc32)C[C@@H]1O. The number of nitrogen functional groups attached to an aromatic ring is 1. The highest BCUT2D eigenvalue weighted by molar-refractivity contribution is 7.47. The molecular formula is C61H65N15O27P2. The molecular weight excluding hydrogens is 1440 g/mol. The fraction of sp³-hybridized carbons (Fsp3) is 0.393. The van der Waals surface area contributed by atoms with E-state index in [-0.39, 0.29) is 69.8 Å². The van der Waals surface area contributed by atoms with Gasteiger partial charge in [-0.1, -0.05) is 35.5 Å². The maximum atomic E-state index is 14.1. The number of nitrogens with zero attached hydrogens (tertiary/aromatic N) is 7. The van der Waals surface area contributed by atoms with Gasteiger partial charge in [0.15, 0.2) is 11.6 Å². The molecule has 9 rings (SSSR count). The standard InChI is InChI=1S/C61H65N15O27P2/c1-30(77)37-12-8-32(15-40(37)75(88)89)6-10-34-23-72(55-53(34)54(64)68-29-69-55)50-17-42(79)46(99-50)27-97-104(92,93)103-45-19-52(74-25-36(57(83)71-61(74)87)11-7-33-9-13-38(31(2)78)41(16-33)76(90)91)101-48(45)28-98-105(94,95)102-44-18-51(100-47(44)26-96-3)73-24-35(56(82)70-60(73)86)5-4-14-65-49(81)22-67-59(85)43(80)21-66-58(84)39(63)20-62/h8-9,12-13,15-16,23-25,29,39,42-48,50-52,79-80H,14,17-22,26-28,62-63H2,1-3H3,(H,65,81)(H,66,84)(H,67,85)(H,92,93)(H,94,95)(H2,64,68,69)(H,70,82,86)(H,71,83,87)/t39?,42-,43?,44-,45-,46+,47+,48+,50+,51+,52+/m0/s1. The van der Waals surface area contributed by atoms with Crippen LogP contribution < -0.4 is 55.6 Å². The molecule has 3 aliphatic rings. The number of aromatic amines is 2. The van der Waals surface area contributed by atoms with Crippen LogP contribution in [0.5, 0.6) is 0 Å². The van der Waals surface area contributed by atoms with Gasteiger partial charge in [0.05, 0.1) is 83.5 Å². The van der Waals surface area contributed by atoms with Crippen LogP contribution in [0.25, 0.3) is 11.0 Å². The maximum Gasteiger partial charge on any atom is 0.472 e. The normalized spacial score (nSPS) is 21.4. The van der Waals surface area contributed by atoms with Gasteiger partial charge in [0.2, 0.25) is 11.8 Å². The van der Waals surface area contributed by atoms with Crippen molar-refractivity contribution in [1.29, 1.82) is 0 Å². The zero-order chi connectivity index (χ0) is 76.4. The predicted molar refractivity (Wildman–Crippen MR) is 356 cm³/mol. The molecule has 105 heavy (non-hydrogen) atoms. The van der Waals surface area contributed by atoms with Crippen LogP contribution >= 0.6 is 15.6 Å². The van der Waals surface area contributed by atoms with Crippen molar-refractivity contribution in [2.45, 2.75) is 101 Å². The van der Waals surface area contributed by atoms with Gasteiger partial charge >= 0.3 is 27.0 Å². The first kappa shape index (κ1) is 78.5. The van der Waals surface area contributed by atoms with Crippen LogP contribution in [0.15, 0.2) is 80.5 Å². The van der Waals surface area contributed by atoms with Gasteiger partial charge in [-0.3, -0.25) is 91.0 Å². The number of H-pyrrole nitrogens is 2. The van der Waals surface area contributed by atoms with Crippen LogP contribution in [0.3, 0.4) is 0 Å². The molecule has 42 nitrogen and oxygen atoms in total. The molecule has 3 fully saturated rings. The number of amides is 3. The van der Waals surface area contributed by atoms with Gasteiger partial charge in [0.25, 0.3) is 28.4 Å². The number of nitrogens with two attached hydrogens (primary N) is 3. The molecule has 3 aliphatic heterocycles. The van der Waals surface area contributed by atoms with Crippen molar-refractivity contribution in [2.24, 2.45) is 11.5 Å². The zero-order valence-electron chi connectivity index (χ0n) is 55.1. The first-order chi connectivity index (χ1) is 49.7. The number of aliphatic hydroxyl groups excluding tert-OH is 2. The number of ether oxygens (including phenoxy) is 4. The van der Waals surface area contributed by atoms with E-state index in [4.69, 9.17) is 54.2 Å². The van der Waals surface area contributed by atoms with E-state index in [2.05, 4.69) is 66.4 Å². The molecule has 3 amide bonds. The van der Waals surface area contributed by atoms with Crippen LogP contribution in [-0.4, -0.2) is 195 Å². The second-order valence-electron chi connectivity index (χ2n) is 23.2. The molecule has 0 saturated carbocycles. The fourth-order valence-corrected chi connectivity index (χ4v) is 12.7. The number of fused-ring (bicyclic) bond motifs is 1. The van der Waals surface area contributed by atoms with Gasteiger partial charge in [-0.05, 0) is 38.1 Å². The summed E-state index contributed by atoms with van der Waals surface area (Å²) in [5.41, 5.74) is 11.1. The molecule has 15 N–H and O–H groups in total. The lowest BCUT2D eigenvalue weighted by molar-refractivity contribution is -0.385. The summed E-state index contributed by atoms with van der Waals surface area (Å²) in [6.07, 6.45) is -11.7. The van der Waals surface area contributed by atoms with Gasteiger partial charge in [0, 0.05) is 74.8 Å². The van der Waals surface area contributed by atoms with Crippen molar-refractivity contribution in [3.8, 4) is 35.5 Å². The number of Topliss-reactive ketones (excluding diaryl/α,β-unsaturated/α-hetero) is 2. The number of benzene rings is 2. The van der Waals surface area contributed by atoms with E-state index < -0.39 is 207 Å². The lowest BCUT2D eigenvalue weighted by atomic mass is 10.1. The minimum atomic E-state index is -5.43. The molecule has 0 spiro atoms. The van der Waals surface area contributed by atoms with E-state index in [0.29, 0.717) is 0 Å². The van der Waals surface area contributed by atoms with Crippen LogP contribution in [0.2, 0.25) is 0 Å². The number of phosphoric ester groups is 2. The Bertz CT molecular complexity index is 4980. The number of aromatic nitrogens is 7. The van der Waals surface area contributed by atoms with Crippen molar-refractivity contribution in [3.05, 3.63) is 162 Å². The van der Waals surface area contributed by atoms with Gasteiger partial charge in [-0.25, -0.2) is 28.7 Å². The Hall–Kier alpha value is -10.7. The first-order valence-corrected chi connectivity index (χ1v) is 34.1. The number of anilines is 1. The number of hydrogen-bond donors (Lipinski definition) is 12. The van der Waals surface area contributed by atoms with E-state index in [9.17, 15) is 92.5 Å². The van der Waals surface area contributed by atoms with E-state index in [1.807, 2.05) is 4.98 Å². The van der Waals surface area contributed by atoms with E-state index in [1.165, 1.54) is 43.0 Å². The van der Waals surface area contributed by atoms with Crippen LogP contribution in [0.1, 0.15) is 100 Å².